The van der Waals surface area contributed by atoms with Crippen LogP contribution in [0, 0.1) is 6.92 Å². The van der Waals surface area contributed by atoms with Crippen molar-refractivity contribution in [3.8, 4) is 11.5 Å². The van der Waals surface area contributed by atoms with Gasteiger partial charge in [-0.3, -0.25) is 4.79 Å². The SMILES string of the molecule is Cc1snnc1C(=O)NCc1ccc2c(c1)OCO2. The number of hydrogen-bond acceptors (Lipinski definition) is 6. The third-order valence-electron chi connectivity index (χ3n) is 2.76. The van der Waals surface area contributed by atoms with Gasteiger partial charge < -0.3 is 14.8 Å². The second kappa shape index (κ2) is 4.85. The highest BCUT2D eigenvalue weighted by Gasteiger charge is 2.15. The van der Waals surface area contributed by atoms with E-state index in [9.17, 15) is 4.79 Å². The molecule has 1 aromatic carbocycles. The van der Waals surface area contributed by atoms with Crippen LogP contribution in [-0.4, -0.2) is 22.3 Å². The van der Waals surface area contributed by atoms with Crippen LogP contribution in [0.4, 0.5) is 0 Å². The standard InChI is InChI=1S/C12H11N3O3S/c1-7-11(14-15-19-7)12(16)13-5-8-2-3-9-10(4-8)18-6-17-9/h2-4H,5-6H2,1H3,(H,13,16). The van der Waals surface area contributed by atoms with Gasteiger partial charge in [-0.2, -0.15) is 0 Å². The maximum atomic E-state index is 11.9. The van der Waals surface area contributed by atoms with Gasteiger partial charge in [0.1, 0.15) is 0 Å². The molecular formula is C12H11N3O3S. The van der Waals surface area contributed by atoms with Gasteiger partial charge in [0.25, 0.3) is 5.91 Å². The molecule has 6 nitrogen and oxygen atoms in total. The van der Waals surface area contributed by atoms with E-state index < -0.39 is 0 Å². The number of carbonyl (C=O) groups excluding carboxylic acids is 1. The molecule has 7 heteroatoms. The van der Waals surface area contributed by atoms with Crippen molar-refractivity contribution in [1.29, 1.82) is 0 Å². The molecule has 0 atom stereocenters. The molecule has 0 saturated carbocycles. The normalized spacial score (nSPS) is 12.5. The van der Waals surface area contributed by atoms with Crippen LogP contribution >= 0.6 is 11.5 Å². The summed E-state index contributed by atoms with van der Waals surface area (Å²) in [6, 6.07) is 5.58. The van der Waals surface area contributed by atoms with Crippen LogP contribution < -0.4 is 14.8 Å². The number of ether oxygens (including phenoxy) is 2. The summed E-state index contributed by atoms with van der Waals surface area (Å²) in [7, 11) is 0. The van der Waals surface area contributed by atoms with Gasteiger partial charge in [-0.1, -0.05) is 10.6 Å². The monoisotopic (exact) mass is 277 g/mol. The smallest absolute Gasteiger partial charge is 0.273 e. The molecule has 0 spiro atoms. The second-order valence-corrected chi connectivity index (χ2v) is 5.01. The van der Waals surface area contributed by atoms with Gasteiger partial charge in [0.15, 0.2) is 17.2 Å². The van der Waals surface area contributed by atoms with Crippen molar-refractivity contribution in [2.24, 2.45) is 0 Å². The first kappa shape index (κ1) is 11.9. The van der Waals surface area contributed by atoms with Crippen LogP contribution in [0.1, 0.15) is 20.9 Å². The molecular weight excluding hydrogens is 266 g/mol. The molecule has 1 aliphatic heterocycles. The third kappa shape index (κ3) is 2.37. The summed E-state index contributed by atoms with van der Waals surface area (Å²) in [6.45, 7) is 2.47. The Balaban J connectivity index is 1.66. The lowest BCUT2D eigenvalue weighted by molar-refractivity contribution is 0.0945. The van der Waals surface area contributed by atoms with E-state index in [1.165, 1.54) is 11.5 Å². The van der Waals surface area contributed by atoms with Crippen LogP contribution in [-0.2, 0) is 6.54 Å². The zero-order valence-electron chi connectivity index (χ0n) is 10.2. The van der Waals surface area contributed by atoms with E-state index in [0.717, 1.165) is 16.2 Å². The van der Waals surface area contributed by atoms with E-state index in [2.05, 4.69) is 14.9 Å². The number of fused-ring (bicyclic) bond motifs is 1. The third-order valence-corrected chi connectivity index (χ3v) is 3.39. The van der Waals surface area contributed by atoms with Crippen molar-refractivity contribution in [1.82, 2.24) is 14.9 Å². The highest BCUT2D eigenvalue weighted by Crippen LogP contribution is 2.32. The predicted molar refractivity (Wildman–Crippen MR) is 68.4 cm³/mol. The minimum atomic E-state index is -0.219. The molecule has 0 unspecified atom stereocenters. The van der Waals surface area contributed by atoms with E-state index >= 15 is 0 Å². The highest BCUT2D eigenvalue weighted by molar-refractivity contribution is 7.05. The van der Waals surface area contributed by atoms with Gasteiger partial charge in [0.2, 0.25) is 6.79 Å². The summed E-state index contributed by atoms with van der Waals surface area (Å²) < 4.78 is 14.2. The van der Waals surface area contributed by atoms with E-state index in [4.69, 9.17) is 9.47 Å². The van der Waals surface area contributed by atoms with Crippen LogP contribution in [0.5, 0.6) is 11.5 Å². The molecule has 0 bridgehead atoms. The van der Waals surface area contributed by atoms with E-state index in [1.807, 2.05) is 25.1 Å². The Labute approximate surface area is 113 Å². The Kier molecular flexibility index (Phi) is 3.04. The van der Waals surface area contributed by atoms with Crippen molar-refractivity contribution < 1.29 is 14.3 Å². The Hall–Kier alpha value is -2.15. The molecule has 1 N–H and O–H groups in total. The molecule has 19 heavy (non-hydrogen) atoms. The van der Waals surface area contributed by atoms with Gasteiger partial charge >= 0.3 is 0 Å². The molecule has 0 saturated heterocycles. The van der Waals surface area contributed by atoms with Crippen molar-refractivity contribution >= 4 is 17.4 Å². The number of aromatic nitrogens is 2. The number of benzene rings is 1. The second-order valence-electron chi connectivity index (χ2n) is 4.05. The van der Waals surface area contributed by atoms with Gasteiger partial charge in [-0.05, 0) is 36.2 Å². The van der Waals surface area contributed by atoms with Gasteiger partial charge in [0.05, 0.1) is 4.88 Å². The first-order valence-corrected chi connectivity index (χ1v) is 6.47. The van der Waals surface area contributed by atoms with Crippen molar-refractivity contribution in [2.75, 3.05) is 6.79 Å². The molecule has 3 rings (SSSR count). The number of nitrogens with one attached hydrogen (secondary N) is 1. The summed E-state index contributed by atoms with van der Waals surface area (Å²) in [5.41, 5.74) is 1.32. The minimum absolute atomic E-state index is 0.219. The predicted octanol–water partition coefficient (Wildman–Crippen LogP) is 1.51. The molecule has 98 valence electrons. The van der Waals surface area contributed by atoms with Crippen LogP contribution in [0.2, 0.25) is 0 Å². The fourth-order valence-corrected chi connectivity index (χ4v) is 2.22. The number of nitrogens with zero attached hydrogens (tertiary/aromatic N) is 2. The minimum Gasteiger partial charge on any atom is -0.454 e. The largest absolute Gasteiger partial charge is 0.454 e. The number of amides is 1. The van der Waals surface area contributed by atoms with Crippen LogP contribution in [0.25, 0.3) is 0 Å². The number of hydrogen-bond donors (Lipinski definition) is 1. The zero-order chi connectivity index (χ0) is 13.2. The lowest BCUT2D eigenvalue weighted by atomic mass is 10.2. The summed E-state index contributed by atoms with van der Waals surface area (Å²) in [5.74, 6) is 1.22. The van der Waals surface area contributed by atoms with Crippen molar-refractivity contribution in [3.63, 3.8) is 0 Å². The van der Waals surface area contributed by atoms with Crippen molar-refractivity contribution in [2.45, 2.75) is 13.5 Å². The molecule has 1 aromatic heterocycles. The molecule has 0 radical (unpaired) electrons. The molecule has 0 aliphatic carbocycles. The van der Waals surface area contributed by atoms with E-state index in [1.54, 1.807) is 0 Å². The number of carbonyl (C=O) groups is 1. The fraction of sp³-hybridized carbons (Fsp3) is 0.250. The van der Waals surface area contributed by atoms with E-state index in [0.29, 0.717) is 18.0 Å². The lowest BCUT2D eigenvalue weighted by Gasteiger charge is -2.05. The number of aryl methyl sites for hydroxylation is 1. The maximum absolute atomic E-state index is 11.9. The fourth-order valence-electron chi connectivity index (χ4n) is 1.76. The Morgan fingerprint density at radius 2 is 2.26 bits per heavy atom. The first-order valence-electron chi connectivity index (χ1n) is 5.70. The summed E-state index contributed by atoms with van der Waals surface area (Å²) >= 11 is 1.21. The van der Waals surface area contributed by atoms with Gasteiger partial charge in [-0.15, -0.1) is 5.10 Å². The molecule has 2 heterocycles. The zero-order valence-corrected chi connectivity index (χ0v) is 11.0. The number of rotatable bonds is 3. The molecule has 1 aliphatic rings. The van der Waals surface area contributed by atoms with Gasteiger partial charge in [-0.25, -0.2) is 0 Å². The first-order chi connectivity index (χ1) is 9.24. The lowest BCUT2D eigenvalue weighted by Crippen LogP contribution is -2.23. The summed E-state index contributed by atoms with van der Waals surface area (Å²) in [4.78, 5) is 12.7. The summed E-state index contributed by atoms with van der Waals surface area (Å²) in [6.07, 6.45) is 0. The van der Waals surface area contributed by atoms with Crippen LogP contribution in [0.3, 0.4) is 0 Å². The van der Waals surface area contributed by atoms with Gasteiger partial charge in [0, 0.05) is 6.54 Å². The average molecular weight is 277 g/mol. The average Bonchev–Trinajstić information content (AvgIpc) is 3.03. The quantitative estimate of drug-likeness (QED) is 0.920. The maximum Gasteiger partial charge on any atom is 0.273 e. The molecule has 0 fully saturated rings. The highest BCUT2D eigenvalue weighted by atomic mass is 32.1. The molecule has 1 amide bonds. The van der Waals surface area contributed by atoms with E-state index in [-0.39, 0.29) is 12.7 Å². The Morgan fingerprint density at radius 3 is 3.05 bits per heavy atom. The Morgan fingerprint density at radius 1 is 1.42 bits per heavy atom. The van der Waals surface area contributed by atoms with Crippen LogP contribution in [0.15, 0.2) is 18.2 Å². The summed E-state index contributed by atoms with van der Waals surface area (Å²) in [5, 5.41) is 6.60. The Bertz CT molecular complexity index is 626. The van der Waals surface area contributed by atoms with Crippen molar-refractivity contribution in [3.05, 3.63) is 34.3 Å². The molecule has 2 aromatic rings. The topological polar surface area (TPSA) is 73.3 Å².